The predicted octanol–water partition coefficient (Wildman–Crippen LogP) is 6.16. The van der Waals surface area contributed by atoms with E-state index >= 15 is 0 Å². The molecule has 0 unspecified atom stereocenters. The second-order valence-corrected chi connectivity index (χ2v) is 7.91. The first-order chi connectivity index (χ1) is 14.5. The lowest BCUT2D eigenvalue weighted by molar-refractivity contribution is -0.440. The van der Waals surface area contributed by atoms with Gasteiger partial charge in [0.15, 0.2) is 0 Å². The number of alkyl halides is 13. The van der Waals surface area contributed by atoms with Crippen LogP contribution in [0.2, 0.25) is 0 Å². The van der Waals surface area contributed by atoms with Gasteiger partial charge in [-0.05, 0) is 17.7 Å². The standard InChI is InChI=1S/C16H11F13O3S/c1-2-9-3-5-10(6-4-9)33(30,31)32-8-7-11(17,18)12(19,20)13(21,22)14(23,24)15(25,26)16(27,28)29/h2-6H,1,7-8H2. The first kappa shape index (κ1) is 29.0. The van der Waals surface area contributed by atoms with Crippen LogP contribution in [-0.4, -0.2) is 50.8 Å². The molecule has 0 atom stereocenters. The lowest BCUT2D eigenvalue weighted by Gasteiger charge is -2.39. The first-order valence-corrected chi connectivity index (χ1v) is 9.48. The smallest absolute Gasteiger partial charge is 0.266 e. The van der Waals surface area contributed by atoms with Crippen LogP contribution in [0.1, 0.15) is 12.0 Å². The summed E-state index contributed by atoms with van der Waals surface area (Å²) in [5.41, 5.74) is 0.360. The Balaban J connectivity index is 3.13. The Morgan fingerprint density at radius 2 is 1.15 bits per heavy atom. The van der Waals surface area contributed by atoms with Gasteiger partial charge < -0.3 is 0 Å². The summed E-state index contributed by atoms with van der Waals surface area (Å²) in [4.78, 5) is -0.746. The average Bonchev–Trinajstić information content (AvgIpc) is 2.66. The summed E-state index contributed by atoms with van der Waals surface area (Å²) in [6.07, 6.45) is -9.05. The molecule has 0 saturated heterocycles. The van der Waals surface area contributed by atoms with Gasteiger partial charge in [-0.25, -0.2) is 0 Å². The zero-order valence-corrected chi connectivity index (χ0v) is 16.4. The van der Waals surface area contributed by atoms with Crippen LogP contribution in [0.4, 0.5) is 57.1 Å². The van der Waals surface area contributed by atoms with Gasteiger partial charge in [0, 0.05) is 6.42 Å². The van der Waals surface area contributed by atoms with Crippen molar-refractivity contribution in [1.29, 1.82) is 0 Å². The van der Waals surface area contributed by atoms with E-state index in [0.29, 0.717) is 5.56 Å². The summed E-state index contributed by atoms with van der Waals surface area (Å²) in [5, 5.41) is 0. The molecular weight excluding hydrogens is 519 g/mol. The molecule has 0 heterocycles. The molecule has 1 rings (SSSR count). The highest BCUT2D eigenvalue weighted by molar-refractivity contribution is 7.86. The Morgan fingerprint density at radius 1 is 0.727 bits per heavy atom. The van der Waals surface area contributed by atoms with Crippen LogP contribution in [0.15, 0.2) is 35.7 Å². The molecule has 3 nitrogen and oxygen atoms in total. The Hall–Kier alpha value is -2.04. The fraction of sp³-hybridized carbons (Fsp3) is 0.500. The van der Waals surface area contributed by atoms with Gasteiger partial charge in [-0.1, -0.05) is 24.8 Å². The predicted molar refractivity (Wildman–Crippen MR) is 85.1 cm³/mol. The average molecular weight is 530 g/mol. The highest BCUT2D eigenvalue weighted by Gasteiger charge is 2.90. The molecule has 0 fully saturated rings. The minimum absolute atomic E-state index is 0.360. The van der Waals surface area contributed by atoms with Gasteiger partial charge in [-0.2, -0.15) is 65.5 Å². The van der Waals surface area contributed by atoms with Gasteiger partial charge in [0.2, 0.25) is 0 Å². The first-order valence-electron chi connectivity index (χ1n) is 8.07. The Bertz CT molecular complexity index is 951. The summed E-state index contributed by atoms with van der Waals surface area (Å²) in [5.74, 6) is -37.7. The van der Waals surface area contributed by atoms with Crippen LogP contribution >= 0.6 is 0 Å². The third-order valence-electron chi connectivity index (χ3n) is 4.06. The van der Waals surface area contributed by atoms with Crippen LogP contribution in [0.5, 0.6) is 0 Å². The molecule has 17 heteroatoms. The molecule has 0 N–H and O–H groups in total. The zero-order chi connectivity index (χ0) is 26.3. The molecule has 1 aromatic rings. The van der Waals surface area contributed by atoms with E-state index < -0.39 is 63.8 Å². The normalized spacial score (nSPS) is 14.9. The second-order valence-electron chi connectivity index (χ2n) is 6.30. The second kappa shape index (κ2) is 8.63. The van der Waals surface area contributed by atoms with E-state index in [1.807, 2.05) is 0 Å². The summed E-state index contributed by atoms with van der Waals surface area (Å²) >= 11 is 0. The lowest BCUT2D eigenvalue weighted by Crippen LogP contribution is -2.70. The maximum Gasteiger partial charge on any atom is 0.460 e. The molecule has 0 bridgehead atoms. The minimum atomic E-state index is -8.02. The van der Waals surface area contributed by atoms with Crippen molar-refractivity contribution in [3.8, 4) is 0 Å². The number of hydrogen-bond donors (Lipinski definition) is 0. The molecule has 0 radical (unpaired) electrons. The maximum absolute atomic E-state index is 13.6. The van der Waals surface area contributed by atoms with Crippen molar-refractivity contribution in [2.75, 3.05) is 6.61 Å². The van der Waals surface area contributed by atoms with Crippen LogP contribution in [0, 0.1) is 0 Å². The highest BCUT2D eigenvalue weighted by atomic mass is 32.2. The molecule has 0 spiro atoms. The van der Waals surface area contributed by atoms with Gasteiger partial charge in [0.1, 0.15) is 0 Å². The van der Waals surface area contributed by atoms with E-state index in [2.05, 4.69) is 10.8 Å². The maximum atomic E-state index is 13.6. The van der Waals surface area contributed by atoms with Gasteiger partial charge in [-0.15, -0.1) is 0 Å². The number of benzene rings is 1. The number of hydrogen-bond acceptors (Lipinski definition) is 3. The van der Waals surface area contributed by atoms with Crippen LogP contribution in [-0.2, 0) is 14.3 Å². The van der Waals surface area contributed by atoms with E-state index in [4.69, 9.17) is 0 Å². The van der Waals surface area contributed by atoms with E-state index in [1.54, 1.807) is 0 Å². The van der Waals surface area contributed by atoms with Crippen LogP contribution in [0.3, 0.4) is 0 Å². The zero-order valence-electron chi connectivity index (χ0n) is 15.6. The van der Waals surface area contributed by atoms with Gasteiger partial charge in [-0.3, -0.25) is 4.18 Å². The Kier molecular flexibility index (Phi) is 7.58. The Labute approximate surface area is 176 Å². The van der Waals surface area contributed by atoms with Gasteiger partial charge >= 0.3 is 35.8 Å². The van der Waals surface area contributed by atoms with Gasteiger partial charge in [0.05, 0.1) is 11.5 Å². The SMILES string of the molecule is C=Cc1ccc(S(=O)(=O)OCCC(F)(F)C(F)(F)C(F)(F)C(F)(F)C(F)(F)C(F)(F)F)cc1. The minimum Gasteiger partial charge on any atom is -0.266 e. The van der Waals surface area contributed by atoms with Crippen molar-refractivity contribution < 1.29 is 69.7 Å². The van der Waals surface area contributed by atoms with Crippen LogP contribution in [0.25, 0.3) is 6.08 Å². The molecular formula is C16H11F13O3S. The van der Waals surface area contributed by atoms with Gasteiger partial charge in [0.25, 0.3) is 10.1 Å². The Morgan fingerprint density at radius 3 is 1.55 bits per heavy atom. The molecule has 0 saturated carbocycles. The van der Waals surface area contributed by atoms with E-state index in [0.717, 1.165) is 24.3 Å². The molecule has 33 heavy (non-hydrogen) atoms. The fourth-order valence-electron chi connectivity index (χ4n) is 2.08. The largest absolute Gasteiger partial charge is 0.460 e. The summed E-state index contributed by atoms with van der Waals surface area (Å²) in [6, 6.07) is 3.89. The topological polar surface area (TPSA) is 43.4 Å². The molecule has 1 aromatic carbocycles. The number of rotatable bonds is 10. The van der Waals surface area contributed by atoms with E-state index in [-0.39, 0.29) is 0 Å². The van der Waals surface area contributed by atoms with Crippen molar-refractivity contribution in [3.63, 3.8) is 0 Å². The van der Waals surface area contributed by atoms with Crippen molar-refractivity contribution >= 4 is 16.2 Å². The third kappa shape index (κ3) is 4.93. The molecule has 0 aliphatic heterocycles. The quantitative estimate of drug-likeness (QED) is 0.269. The third-order valence-corrected chi connectivity index (χ3v) is 5.38. The highest BCUT2D eigenvalue weighted by Crippen LogP contribution is 2.60. The van der Waals surface area contributed by atoms with Crippen molar-refractivity contribution in [1.82, 2.24) is 0 Å². The summed E-state index contributed by atoms with van der Waals surface area (Å²) < 4.78 is 196. The monoisotopic (exact) mass is 530 g/mol. The molecule has 0 aliphatic rings. The van der Waals surface area contributed by atoms with Crippen molar-refractivity contribution in [2.24, 2.45) is 0 Å². The molecule has 0 amide bonds. The van der Waals surface area contributed by atoms with Crippen molar-refractivity contribution in [2.45, 2.75) is 47.1 Å². The van der Waals surface area contributed by atoms with Crippen molar-refractivity contribution in [3.05, 3.63) is 36.4 Å². The van der Waals surface area contributed by atoms with E-state index in [9.17, 15) is 65.5 Å². The fourth-order valence-corrected chi connectivity index (χ4v) is 2.99. The molecule has 0 aliphatic carbocycles. The lowest BCUT2D eigenvalue weighted by atomic mass is 9.93. The summed E-state index contributed by atoms with van der Waals surface area (Å²) in [6.45, 7) is 1.26. The summed E-state index contributed by atoms with van der Waals surface area (Å²) in [7, 11) is -4.98. The van der Waals surface area contributed by atoms with Crippen LogP contribution < -0.4 is 0 Å². The number of halogens is 13. The molecule has 0 aromatic heterocycles. The molecule has 190 valence electrons. The van der Waals surface area contributed by atoms with E-state index in [1.165, 1.54) is 6.08 Å².